The van der Waals surface area contributed by atoms with E-state index in [0.717, 1.165) is 41.7 Å². The zero-order valence-electron chi connectivity index (χ0n) is 11.3. The van der Waals surface area contributed by atoms with Crippen molar-refractivity contribution in [2.24, 2.45) is 0 Å². The van der Waals surface area contributed by atoms with Crippen molar-refractivity contribution in [2.75, 3.05) is 0 Å². The number of hydrogen-bond acceptors (Lipinski definition) is 1. The van der Waals surface area contributed by atoms with Crippen LogP contribution < -0.4 is 0 Å². The highest BCUT2D eigenvalue weighted by Gasteiger charge is 2.30. The Morgan fingerprint density at radius 1 is 0.905 bits per heavy atom. The van der Waals surface area contributed by atoms with Crippen molar-refractivity contribution in [1.82, 2.24) is 0 Å². The molecule has 0 heterocycles. The third-order valence-electron chi connectivity index (χ3n) is 3.95. The highest BCUT2D eigenvalue weighted by molar-refractivity contribution is 5.65. The molecule has 0 radical (unpaired) electrons. The number of benzene rings is 2. The molecule has 2 aromatic carbocycles. The van der Waals surface area contributed by atoms with Gasteiger partial charge in [0, 0.05) is 0 Å². The van der Waals surface area contributed by atoms with Crippen LogP contribution in [0.3, 0.4) is 0 Å². The molecule has 4 heteroatoms. The highest BCUT2D eigenvalue weighted by Crippen LogP contribution is 2.32. The zero-order valence-corrected chi connectivity index (χ0v) is 11.3. The van der Waals surface area contributed by atoms with Gasteiger partial charge in [-0.2, -0.15) is 13.2 Å². The molecule has 3 rings (SSSR count). The lowest BCUT2D eigenvalue weighted by Gasteiger charge is -2.21. The third-order valence-corrected chi connectivity index (χ3v) is 3.95. The maximum absolute atomic E-state index is 12.6. The molecule has 21 heavy (non-hydrogen) atoms. The summed E-state index contributed by atoms with van der Waals surface area (Å²) in [4.78, 5) is 0. The summed E-state index contributed by atoms with van der Waals surface area (Å²) in [5.41, 5.74) is 3.37. The van der Waals surface area contributed by atoms with Gasteiger partial charge in [-0.3, -0.25) is 0 Å². The van der Waals surface area contributed by atoms with Crippen LogP contribution in [0.5, 0.6) is 0 Å². The molecular formula is C17H15F3O. The maximum Gasteiger partial charge on any atom is 0.416 e. The molecule has 1 atom stereocenters. The largest absolute Gasteiger partial charge is 0.416 e. The van der Waals surface area contributed by atoms with Crippen molar-refractivity contribution in [1.29, 1.82) is 0 Å². The molecule has 1 N–H and O–H groups in total. The molecule has 0 amide bonds. The van der Waals surface area contributed by atoms with E-state index in [1.165, 1.54) is 17.7 Å². The molecule has 0 bridgehead atoms. The lowest BCUT2D eigenvalue weighted by atomic mass is 9.87. The van der Waals surface area contributed by atoms with Gasteiger partial charge in [-0.1, -0.05) is 30.3 Å². The molecule has 0 aromatic heterocycles. The van der Waals surface area contributed by atoms with Gasteiger partial charge in [0.1, 0.15) is 0 Å². The van der Waals surface area contributed by atoms with Crippen molar-refractivity contribution in [3.8, 4) is 11.1 Å². The van der Waals surface area contributed by atoms with E-state index in [1.807, 2.05) is 18.2 Å². The van der Waals surface area contributed by atoms with Crippen LogP contribution in [-0.4, -0.2) is 11.2 Å². The first-order chi connectivity index (χ1) is 9.93. The van der Waals surface area contributed by atoms with E-state index in [4.69, 9.17) is 0 Å². The SMILES string of the molecule is OC1CCc2cc(-c3ccc(C(F)(F)F)cc3)ccc2C1. The van der Waals surface area contributed by atoms with E-state index in [9.17, 15) is 18.3 Å². The summed E-state index contributed by atoms with van der Waals surface area (Å²) < 4.78 is 37.7. The summed E-state index contributed by atoms with van der Waals surface area (Å²) in [6, 6.07) is 11.1. The Bertz CT molecular complexity index is 644. The van der Waals surface area contributed by atoms with Crippen LogP contribution in [0.15, 0.2) is 42.5 Å². The number of alkyl halides is 3. The quantitative estimate of drug-likeness (QED) is 0.834. The molecule has 0 saturated heterocycles. The van der Waals surface area contributed by atoms with Crippen molar-refractivity contribution >= 4 is 0 Å². The Labute approximate surface area is 121 Å². The van der Waals surface area contributed by atoms with Gasteiger partial charge < -0.3 is 5.11 Å². The van der Waals surface area contributed by atoms with Crippen LogP contribution in [-0.2, 0) is 19.0 Å². The van der Waals surface area contributed by atoms with Gasteiger partial charge in [-0.15, -0.1) is 0 Å². The van der Waals surface area contributed by atoms with Crippen LogP contribution in [0.2, 0.25) is 0 Å². The number of aliphatic hydroxyl groups is 1. The van der Waals surface area contributed by atoms with Gasteiger partial charge in [-0.05, 0) is 53.6 Å². The summed E-state index contributed by atoms with van der Waals surface area (Å²) in [5.74, 6) is 0. The Balaban J connectivity index is 1.91. The molecule has 0 aliphatic heterocycles. The predicted molar refractivity (Wildman–Crippen MR) is 74.9 cm³/mol. The minimum Gasteiger partial charge on any atom is -0.393 e. The average molecular weight is 292 g/mol. The van der Waals surface area contributed by atoms with Crippen LogP contribution in [0, 0.1) is 0 Å². The van der Waals surface area contributed by atoms with Gasteiger partial charge in [-0.25, -0.2) is 0 Å². The average Bonchev–Trinajstić information content (AvgIpc) is 2.46. The normalized spacial score (nSPS) is 18.4. The number of aliphatic hydroxyl groups excluding tert-OH is 1. The van der Waals surface area contributed by atoms with Crippen LogP contribution in [0.4, 0.5) is 13.2 Å². The summed E-state index contributed by atoms with van der Waals surface area (Å²) in [6.45, 7) is 0. The van der Waals surface area contributed by atoms with E-state index in [2.05, 4.69) is 0 Å². The first-order valence-electron chi connectivity index (χ1n) is 6.91. The Morgan fingerprint density at radius 2 is 1.57 bits per heavy atom. The van der Waals surface area contributed by atoms with Gasteiger partial charge in [0.25, 0.3) is 0 Å². The third kappa shape index (κ3) is 2.95. The minimum absolute atomic E-state index is 0.283. The van der Waals surface area contributed by atoms with Crippen LogP contribution in [0.1, 0.15) is 23.1 Å². The molecule has 1 nitrogen and oxygen atoms in total. The van der Waals surface area contributed by atoms with Gasteiger partial charge >= 0.3 is 6.18 Å². The minimum atomic E-state index is -4.30. The molecule has 1 aliphatic rings. The number of aryl methyl sites for hydroxylation is 1. The summed E-state index contributed by atoms with van der Waals surface area (Å²) in [6.07, 6.45) is -2.38. The van der Waals surface area contributed by atoms with Crippen LogP contribution in [0.25, 0.3) is 11.1 Å². The predicted octanol–water partition coefficient (Wildman–Crippen LogP) is 4.22. The topological polar surface area (TPSA) is 20.2 Å². The maximum atomic E-state index is 12.6. The Kier molecular flexibility index (Phi) is 3.49. The molecule has 0 spiro atoms. The van der Waals surface area contributed by atoms with Crippen molar-refractivity contribution < 1.29 is 18.3 Å². The molecule has 2 aromatic rings. The van der Waals surface area contributed by atoms with Crippen molar-refractivity contribution in [3.63, 3.8) is 0 Å². The molecule has 1 aliphatic carbocycles. The molecule has 1 unspecified atom stereocenters. The number of halogens is 3. The second-order valence-electron chi connectivity index (χ2n) is 5.46. The van der Waals surface area contributed by atoms with E-state index in [1.54, 1.807) is 0 Å². The summed E-state index contributed by atoms with van der Waals surface area (Å²) in [5, 5.41) is 9.64. The molecule has 0 saturated carbocycles. The smallest absolute Gasteiger partial charge is 0.393 e. The summed E-state index contributed by atoms with van der Waals surface area (Å²) in [7, 11) is 0. The zero-order chi connectivity index (χ0) is 15.0. The van der Waals surface area contributed by atoms with E-state index in [0.29, 0.717) is 6.42 Å². The van der Waals surface area contributed by atoms with Gasteiger partial charge in [0.15, 0.2) is 0 Å². The number of fused-ring (bicyclic) bond motifs is 1. The summed E-state index contributed by atoms with van der Waals surface area (Å²) >= 11 is 0. The second kappa shape index (κ2) is 5.19. The van der Waals surface area contributed by atoms with E-state index >= 15 is 0 Å². The molecule has 0 fully saturated rings. The number of hydrogen-bond donors (Lipinski definition) is 1. The lowest BCUT2D eigenvalue weighted by molar-refractivity contribution is -0.137. The van der Waals surface area contributed by atoms with E-state index < -0.39 is 11.7 Å². The van der Waals surface area contributed by atoms with Crippen LogP contribution >= 0.6 is 0 Å². The Morgan fingerprint density at radius 3 is 2.24 bits per heavy atom. The highest BCUT2D eigenvalue weighted by atomic mass is 19.4. The lowest BCUT2D eigenvalue weighted by Crippen LogP contribution is -2.18. The van der Waals surface area contributed by atoms with E-state index in [-0.39, 0.29) is 6.10 Å². The second-order valence-corrected chi connectivity index (χ2v) is 5.46. The Hall–Kier alpha value is -1.81. The monoisotopic (exact) mass is 292 g/mol. The first-order valence-corrected chi connectivity index (χ1v) is 6.91. The fourth-order valence-electron chi connectivity index (χ4n) is 2.77. The standard InChI is InChI=1S/C17H15F3O/c18-17(19,20)15-6-3-11(4-7-15)12-1-2-14-10-16(21)8-5-13(14)9-12/h1-4,6-7,9,16,21H,5,8,10H2. The fourth-order valence-corrected chi connectivity index (χ4v) is 2.77. The first kappa shape index (κ1) is 14.1. The van der Waals surface area contributed by atoms with Gasteiger partial charge in [0.2, 0.25) is 0 Å². The van der Waals surface area contributed by atoms with Gasteiger partial charge in [0.05, 0.1) is 11.7 Å². The number of rotatable bonds is 1. The molecule has 110 valence electrons. The van der Waals surface area contributed by atoms with Crippen molar-refractivity contribution in [2.45, 2.75) is 31.5 Å². The molecular weight excluding hydrogens is 277 g/mol. The van der Waals surface area contributed by atoms with Crippen molar-refractivity contribution in [3.05, 3.63) is 59.2 Å². The fraction of sp³-hybridized carbons (Fsp3) is 0.294.